The van der Waals surface area contributed by atoms with Gasteiger partial charge >= 0.3 is 17.9 Å². The summed E-state index contributed by atoms with van der Waals surface area (Å²) in [7, 11) is 0. The van der Waals surface area contributed by atoms with Crippen LogP contribution in [0.1, 0.15) is 106 Å². The van der Waals surface area contributed by atoms with Crippen molar-refractivity contribution >= 4 is 23.7 Å². The summed E-state index contributed by atoms with van der Waals surface area (Å²) >= 11 is 0. The third kappa shape index (κ3) is 6.25. The summed E-state index contributed by atoms with van der Waals surface area (Å²) in [4.78, 5) is 51.3. The first-order valence-electron chi connectivity index (χ1n) is 20.7. The summed E-state index contributed by atoms with van der Waals surface area (Å²) in [5.74, 6) is -4.47. The van der Waals surface area contributed by atoms with Gasteiger partial charge < -0.3 is 59.8 Å². The van der Waals surface area contributed by atoms with Crippen LogP contribution < -0.4 is 0 Å². The molecule has 0 aromatic heterocycles. The molecule has 0 aromatic carbocycles. The first-order valence-corrected chi connectivity index (χ1v) is 20.7. The number of fused-ring (bicyclic) bond motifs is 7. The quantitative estimate of drug-likeness (QED) is 0.171. The highest BCUT2D eigenvalue weighted by Crippen LogP contribution is 2.75. The molecule has 16 heteroatoms. The maximum Gasteiger partial charge on any atom is 0.335 e. The third-order valence-corrected chi connectivity index (χ3v) is 17.2. The second kappa shape index (κ2) is 14.3. The van der Waals surface area contributed by atoms with E-state index in [2.05, 4.69) is 27.7 Å². The molecular weight excluding hydrogens is 760 g/mol. The predicted octanol–water partition coefficient (Wildman–Crippen LogP) is 2.25. The van der Waals surface area contributed by atoms with Crippen molar-refractivity contribution < 1.29 is 79.0 Å². The van der Waals surface area contributed by atoms with Gasteiger partial charge in [0, 0.05) is 5.92 Å². The molecule has 4 saturated carbocycles. The summed E-state index contributed by atoms with van der Waals surface area (Å²) in [6, 6.07) is 0. The van der Waals surface area contributed by atoms with Gasteiger partial charge in [0.15, 0.2) is 30.6 Å². The molecule has 0 amide bonds. The van der Waals surface area contributed by atoms with Crippen LogP contribution in [-0.2, 0) is 38.1 Å². The maximum atomic E-state index is 14.8. The van der Waals surface area contributed by atoms with Crippen LogP contribution in [0.5, 0.6) is 0 Å². The zero-order chi connectivity index (χ0) is 42.9. The Hall–Kier alpha value is -2.54. The Labute approximate surface area is 337 Å². The number of carboxylic acid groups (broad SMARTS) is 3. The van der Waals surface area contributed by atoms with E-state index in [0.29, 0.717) is 25.7 Å². The normalized spacial score (nSPS) is 52.6. The second-order valence-electron chi connectivity index (χ2n) is 20.6. The zero-order valence-corrected chi connectivity index (χ0v) is 34.4. The van der Waals surface area contributed by atoms with E-state index in [9.17, 15) is 60.0 Å². The number of carbonyl (C=O) groups is 4. The number of aliphatic carboxylic acids is 3. The SMILES string of the molecule is CC1(C)C2CC[C@]3(C)C(C(=O)C=C4[C@H]5C[C@@](C)(C(=O)O)CC[C@]5(C)CC[C@]43C)[C@@]2(C)CC[C@@H]1O[C@@H]1O[C@H](C(=O)O)[C@@H](O)[C@H](O)[C@H]1OC1O[C@H](C(=O)O)[C@@H](O)[C@H](O)[C@H]1O. The van der Waals surface area contributed by atoms with Gasteiger partial charge in [0.2, 0.25) is 0 Å². The van der Waals surface area contributed by atoms with Gasteiger partial charge in [-0.1, -0.05) is 47.1 Å². The van der Waals surface area contributed by atoms with E-state index in [4.69, 9.17) is 18.9 Å². The fourth-order valence-corrected chi connectivity index (χ4v) is 13.4. The molecule has 5 aliphatic carbocycles. The summed E-state index contributed by atoms with van der Waals surface area (Å²) in [5, 5.41) is 83.0. The minimum absolute atomic E-state index is 0.0217. The van der Waals surface area contributed by atoms with Crippen molar-refractivity contribution in [3.05, 3.63) is 11.6 Å². The lowest BCUT2D eigenvalue weighted by Crippen LogP contribution is -2.68. The van der Waals surface area contributed by atoms with Crippen molar-refractivity contribution in [1.29, 1.82) is 0 Å². The van der Waals surface area contributed by atoms with Gasteiger partial charge in [-0.15, -0.1) is 0 Å². The van der Waals surface area contributed by atoms with Crippen LogP contribution in [0.4, 0.5) is 0 Å². The fourth-order valence-electron chi connectivity index (χ4n) is 13.4. The Kier molecular flexibility index (Phi) is 10.7. The number of ether oxygens (including phenoxy) is 4. The first kappa shape index (κ1) is 43.5. The van der Waals surface area contributed by atoms with Crippen LogP contribution in [0.15, 0.2) is 11.6 Å². The van der Waals surface area contributed by atoms with Gasteiger partial charge in [0.05, 0.1) is 11.5 Å². The van der Waals surface area contributed by atoms with E-state index in [1.807, 2.05) is 26.8 Å². The van der Waals surface area contributed by atoms with Crippen LogP contribution >= 0.6 is 0 Å². The number of ketones is 1. The Balaban J connectivity index is 1.17. The minimum Gasteiger partial charge on any atom is -0.481 e. The molecule has 16 nitrogen and oxygen atoms in total. The van der Waals surface area contributed by atoms with E-state index in [1.54, 1.807) is 0 Å². The fraction of sp³-hybridized carbons (Fsp3) is 0.857. The largest absolute Gasteiger partial charge is 0.481 e. The molecule has 0 radical (unpaired) electrons. The molecule has 326 valence electrons. The highest BCUT2D eigenvalue weighted by atomic mass is 16.8. The van der Waals surface area contributed by atoms with Crippen molar-refractivity contribution in [2.45, 2.75) is 174 Å². The summed E-state index contributed by atoms with van der Waals surface area (Å²) < 4.78 is 23.4. The van der Waals surface area contributed by atoms with Gasteiger partial charge in [-0.25, -0.2) is 9.59 Å². The summed E-state index contributed by atoms with van der Waals surface area (Å²) in [6.07, 6.45) is -12.2. The number of aliphatic hydroxyl groups is 5. The molecule has 7 aliphatic rings. The molecule has 0 spiro atoms. The highest BCUT2D eigenvalue weighted by molar-refractivity contribution is 5.95. The van der Waals surface area contributed by atoms with Gasteiger partial charge in [-0.3, -0.25) is 9.59 Å². The highest BCUT2D eigenvalue weighted by Gasteiger charge is 2.71. The molecule has 58 heavy (non-hydrogen) atoms. The summed E-state index contributed by atoms with van der Waals surface area (Å²) in [5.41, 5.74) is -1.81. The first-order chi connectivity index (χ1) is 26.8. The van der Waals surface area contributed by atoms with Crippen LogP contribution in [-0.4, -0.2) is 132 Å². The molecule has 0 bridgehead atoms. The van der Waals surface area contributed by atoms with E-state index in [1.165, 1.54) is 0 Å². The predicted molar refractivity (Wildman–Crippen MR) is 199 cm³/mol. The van der Waals surface area contributed by atoms with E-state index in [0.717, 1.165) is 37.7 Å². The number of rotatable bonds is 7. The van der Waals surface area contributed by atoms with E-state index in [-0.39, 0.29) is 34.4 Å². The number of aliphatic hydroxyl groups excluding tert-OH is 5. The Morgan fingerprint density at radius 1 is 0.690 bits per heavy atom. The van der Waals surface area contributed by atoms with Crippen molar-refractivity contribution in [1.82, 2.24) is 0 Å². The third-order valence-electron chi connectivity index (χ3n) is 17.2. The smallest absolute Gasteiger partial charge is 0.335 e. The van der Waals surface area contributed by atoms with E-state index >= 15 is 0 Å². The van der Waals surface area contributed by atoms with Crippen LogP contribution in [0.3, 0.4) is 0 Å². The molecule has 8 N–H and O–H groups in total. The number of hydrogen-bond donors (Lipinski definition) is 8. The van der Waals surface area contributed by atoms with Gasteiger partial charge in [-0.05, 0) is 110 Å². The number of carbonyl (C=O) groups excluding carboxylic acids is 1. The topological polar surface area (TPSA) is 267 Å². The molecule has 2 aliphatic heterocycles. The standard InChI is InChI=1S/C42H62O16/c1-37(2)21-8-11-42(7)31(20(43)16-18-19-17-39(4,36(53)54)13-12-38(19,3)14-15-41(18,42)6)40(21,5)10-9-22(37)55-35-30(26(47)25(46)29(57-35)33(51)52)58-34-27(48)23(44)24(45)28(56-34)32(49)50/h16,19,21-31,34-35,44-48H,8-15,17H2,1-7H3,(H,49,50)(H,51,52)(H,53,54)/t19-,21?,22+,23+,24+,25+,26+,27-,28+,29+,30-,31?,34?,35-,38-,39+,40+,41-,42-/m1/s1. The van der Waals surface area contributed by atoms with Crippen molar-refractivity contribution in [3.8, 4) is 0 Å². The van der Waals surface area contributed by atoms with Crippen LogP contribution in [0.25, 0.3) is 0 Å². The van der Waals surface area contributed by atoms with Gasteiger partial charge in [0.1, 0.15) is 36.6 Å². The molecule has 2 saturated heterocycles. The molecule has 7 rings (SSSR count). The van der Waals surface area contributed by atoms with Gasteiger partial charge in [-0.2, -0.15) is 0 Å². The lowest BCUT2D eigenvalue weighted by Gasteiger charge is -2.70. The Bertz CT molecular complexity index is 1730. The van der Waals surface area contributed by atoms with E-state index < -0.39 is 107 Å². The summed E-state index contributed by atoms with van der Waals surface area (Å²) in [6.45, 7) is 14.8. The number of carboxylic acids is 3. The molecule has 6 fully saturated rings. The minimum atomic E-state index is -2.05. The van der Waals surface area contributed by atoms with Crippen molar-refractivity contribution in [3.63, 3.8) is 0 Å². The van der Waals surface area contributed by atoms with Crippen LogP contribution in [0.2, 0.25) is 0 Å². The maximum absolute atomic E-state index is 14.8. The lowest BCUT2D eigenvalue weighted by molar-refractivity contribution is -0.371. The van der Waals surface area contributed by atoms with Crippen molar-refractivity contribution in [2.24, 2.45) is 50.2 Å². The van der Waals surface area contributed by atoms with Crippen LogP contribution in [0, 0.1) is 50.2 Å². The number of allylic oxidation sites excluding steroid dienone is 2. The zero-order valence-electron chi connectivity index (χ0n) is 34.4. The molecule has 2 heterocycles. The average molecular weight is 823 g/mol. The Morgan fingerprint density at radius 3 is 1.88 bits per heavy atom. The molecule has 0 aromatic rings. The molecule has 19 atom stereocenters. The average Bonchev–Trinajstić information content (AvgIpc) is 3.13. The van der Waals surface area contributed by atoms with Gasteiger partial charge in [0.25, 0.3) is 0 Å². The number of hydrogen-bond acceptors (Lipinski definition) is 13. The Morgan fingerprint density at radius 2 is 1.28 bits per heavy atom. The monoisotopic (exact) mass is 822 g/mol. The molecule has 3 unspecified atom stereocenters. The second-order valence-corrected chi connectivity index (χ2v) is 20.6. The molecular formula is C42H62O16. The lowest BCUT2D eigenvalue weighted by atomic mass is 9.33. The van der Waals surface area contributed by atoms with Crippen molar-refractivity contribution in [2.75, 3.05) is 0 Å².